The molecule has 2 rings (SSSR count). The van der Waals surface area contributed by atoms with Gasteiger partial charge in [-0.15, -0.1) is 0 Å². The highest BCUT2D eigenvalue weighted by Crippen LogP contribution is 2.16. The molecule has 1 aliphatic heterocycles. The Morgan fingerprint density at radius 1 is 1.45 bits per heavy atom. The van der Waals surface area contributed by atoms with E-state index in [1.807, 2.05) is 17.0 Å². The molecule has 1 saturated heterocycles. The van der Waals surface area contributed by atoms with Gasteiger partial charge in [-0.3, -0.25) is 14.7 Å². The summed E-state index contributed by atoms with van der Waals surface area (Å²) in [6.07, 6.45) is 5.07. The lowest BCUT2D eigenvalue weighted by molar-refractivity contribution is -0.134. The van der Waals surface area contributed by atoms with Crippen molar-refractivity contribution in [2.45, 2.75) is 45.7 Å². The van der Waals surface area contributed by atoms with Crippen LogP contribution in [0.15, 0.2) is 24.5 Å². The quantitative estimate of drug-likeness (QED) is 0.843. The van der Waals surface area contributed by atoms with Crippen molar-refractivity contribution in [2.75, 3.05) is 19.6 Å². The van der Waals surface area contributed by atoms with E-state index < -0.39 is 0 Å². The topological polar surface area (TPSA) is 36.4 Å². The first kappa shape index (κ1) is 15.0. The van der Waals surface area contributed by atoms with Crippen molar-refractivity contribution in [3.63, 3.8) is 0 Å². The average Bonchev–Trinajstić information content (AvgIpc) is 2.47. The van der Waals surface area contributed by atoms with Gasteiger partial charge >= 0.3 is 0 Å². The molecule has 0 aliphatic carbocycles. The van der Waals surface area contributed by atoms with Gasteiger partial charge in [0.25, 0.3) is 0 Å². The maximum absolute atomic E-state index is 12.4. The summed E-state index contributed by atoms with van der Waals surface area (Å²) in [6.45, 7) is 9.34. The van der Waals surface area contributed by atoms with E-state index in [-0.39, 0.29) is 5.91 Å². The van der Waals surface area contributed by atoms with Crippen LogP contribution in [0.2, 0.25) is 0 Å². The predicted octanol–water partition coefficient (Wildman–Crippen LogP) is 1.96. The minimum absolute atomic E-state index is 0.222. The number of carbonyl (C=O) groups is 1. The van der Waals surface area contributed by atoms with Crippen LogP contribution in [-0.2, 0) is 11.2 Å². The molecule has 20 heavy (non-hydrogen) atoms. The second-order valence-corrected chi connectivity index (χ2v) is 5.77. The van der Waals surface area contributed by atoms with E-state index >= 15 is 0 Å². The van der Waals surface area contributed by atoms with Gasteiger partial charge in [0.05, 0.1) is 6.42 Å². The lowest BCUT2D eigenvalue weighted by Crippen LogP contribution is -2.56. The maximum atomic E-state index is 12.4. The molecule has 1 aromatic rings. The first-order valence-corrected chi connectivity index (χ1v) is 7.54. The fourth-order valence-corrected chi connectivity index (χ4v) is 2.93. The zero-order valence-electron chi connectivity index (χ0n) is 12.7. The van der Waals surface area contributed by atoms with Crippen LogP contribution in [0.1, 0.15) is 32.8 Å². The van der Waals surface area contributed by atoms with Gasteiger partial charge in [0, 0.05) is 44.1 Å². The van der Waals surface area contributed by atoms with Crippen molar-refractivity contribution in [3.05, 3.63) is 30.1 Å². The number of pyridine rings is 1. The van der Waals surface area contributed by atoms with E-state index in [2.05, 4.69) is 30.7 Å². The monoisotopic (exact) mass is 275 g/mol. The van der Waals surface area contributed by atoms with Crippen LogP contribution in [0.3, 0.4) is 0 Å². The van der Waals surface area contributed by atoms with Gasteiger partial charge in [0.2, 0.25) is 5.91 Å². The van der Waals surface area contributed by atoms with E-state index in [4.69, 9.17) is 0 Å². The Kier molecular flexibility index (Phi) is 5.12. The summed E-state index contributed by atoms with van der Waals surface area (Å²) in [5.41, 5.74) is 0.997. The molecule has 0 aromatic carbocycles. The molecular formula is C16H25N3O. The highest BCUT2D eigenvalue weighted by molar-refractivity contribution is 5.78. The van der Waals surface area contributed by atoms with Gasteiger partial charge in [-0.2, -0.15) is 0 Å². The summed E-state index contributed by atoms with van der Waals surface area (Å²) in [7, 11) is 0. The Hall–Kier alpha value is -1.42. The Labute approximate surface area is 121 Å². The van der Waals surface area contributed by atoms with Crippen LogP contribution in [-0.4, -0.2) is 52.4 Å². The summed E-state index contributed by atoms with van der Waals surface area (Å²) in [4.78, 5) is 21.0. The first-order chi connectivity index (χ1) is 9.61. The third kappa shape index (κ3) is 3.57. The van der Waals surface area contributed by atoms with E-state index in [0.717, 1.165) is 31.6 Å². The van der Waals surface area contributed by atoms with E-state index in [1.165, 1.54) is 0 Å². The lowest BCUT2D eigenvalue weighted by Gasteiger charge is -2.43. The Bertz CT molecular complexity index is 433. The number of hydrogen-bond acceptors (Lipinski definition) is 3. The zero-order chi connectivity index (χ0) is 14.5. The minimum Gasteiger partial charge on any atom is -0.340 e. The van der Waals surface area contributed by atoms with E-state index in [0.29, 0.717) is 18.5 Å². The molecule has 110 valence electrons. The molecule has 0 bridgehead atoms. The molecule has 1 amide bonds. The molecule has 1 atom stereocenters. The summed E-state index contributed by atoms with van der Waals surface area (Å²) in [5, 5.41) is 0. The largest absolute Gasteiger partial charge is 0.340 e. The molecule has 1 aliphatic rings. The predicted molar refractivity (Wildman–Crippen MR) is 80.4 cm³/mol. The van der Waals surface area contributed by atoms with Crippen molar-refractivity contribution in [3.8, 4) is 0 Å². The standard InChI is InChI=1S/C16H25N3O/c1-4-15-12-18(8-9-19(15)13(2)3)16(20)10-14-6-5-7-17-11-14/h5-7,11,13,15H,4,8-10,12H2,1-3H3. The summed E-state index contributed by atoms with van der Waals surface area (Å²) >= 11 is 0. The fourth-order valence-electron chi connectivity index (χ4n) is 2.93. The second kappa shape index (κ2) is 6.84. The Morgan fingerprint density at radius 2 is 2.25 bits per heavy atom. The van der Waals surface area contributed by atoms with Crippen LogP contribution in [0.25, 0.3) is 0 Å². The summed E-state index contributed by atoms with van der Waals surface area (Å²) in [5.74, 6) is 0.222. The van der Waals surface area contributed by atoms with Crippen molar-refractivity contribution in [2.24, 2.45) is 0 Å². The highest BCUT2D eigenvalue weighted by atomic mass is 16.2. The van der Waals surface area contributed by atoms with Crippen LogP contribution >= 0.6 is 0 Å². The van der Waals surface area contributed by atoms with Crippen LogP contribution < -0.4 is 0 Å². The number of aromatic nitrogens is 1. The number of rotatable bonds is 4. The average molecular weight is 275 g/mol. The molecule has 1 aromatic heterocycles. The zero-order valence-corrected chi connectivity index (χ0v) is 12.7. The van der Waals surface area contributed by atoms with Gasteiger partial charge < -0.3 is 4.90 Å². The van der Waals surface area contributed by atoms with Gasteiger partial charge in [-0.05, 0) is 31.9 Å². The first-order valence-electron chi connectivity index (χ1n) is 7.54. The molecular weight excluding hydrogens is 250 g/mol. The lowest BCUT2D eigenvalue weighted by atomic mass is 10.1. The second-order valence-electron chi connectivity index (χ2n) is 5.77. The van der Waals surface area contributed by atoms with Gasteiger partial charge in [-0.1, -0.05) is 13.0 Å². The Balaban J connectivity index is 1.95. The number of hydrogen-bond donors (Lipinski definition) is 0. The molecule has 0 N–H and O–H groups in total. The van der Waals surface area contributed by atoms with Gasteiger partial charge in [0.1, 0.15) is 0 Å². The summed E-state index contributed by atoms with van der Waals surface area (Å²) < 4.78 is 0. The Morgan fingerprint density at radius 3 is 2.85 bits per heavy atom. The molecule has 0 saturated carbocycles. The molecule has 2 heterocycles. The fraction of sp³-hybridized carbons (Fsp3) is 0.625. The highest BCUT2D eigenvalue weighted by Gasteiger charge is 2.29. The molecule has 4 nitrogen and oxygen atoms in total. The normalized spacial score (nSPS) is 20.4. The van der Waals surface area contributed by atoms with Crippen molar-refractivity contribution >= 4 is 5.91 Å². The molecule has 0 spiro atoms. The van der Waals surface area contributed by atoms with E-state index in [1.54, 1.807) is 12.4 Å². The number of amides is 1. The third-order valence-corrected chi connectivity index (χ3v) is 4.09. The van der Waals surface area contributed by atoms with Gasteiger partial charge in [-0.25, -0.2) is 0 Å². The molecule has 1 unspecified atom stereocenters. The molecule has 0 radical (unpaired) electrons. The minimum atomic E-state index is 0.222. The van der Waals surface area contributed by atoms with Crippen LogP contribution in [0, 0.1) is 0 Å². The van der Waals surface area contributed by atoms with Crippen LogP contribution in [0.5, 0.6) is 0 Å². The van der Waals surface area contributed by atoms with E-state index in [9.17, 15) is 4.79 Å². The SMILES string of the molecule is CCC1CN(C(=O)Cc2cccnc2)CCN1C(C)C. The van der Waals surface area contributed by atoms with Crippen molar-refractivity contribution < 1.29 is 4.79 Å². The van der Waals surface area contributed by atoms with Crippen LogP contribution in [0.4, 0.5) is 0 Å². The number of nitrogens with zero attached hydrogens (tertiary/aromatic N) is 3. The van der Waals surface area contributed by atoms with Crippen molar-refractivity contribution in [1.29, 1.82) is 0 Å². The van der Waals surface area contributed by atoms with Crippen molar-refractivity contribution in [1.82, 2.24) is 14.8 Å². The summed E-state index contributed by atoms with van der Waals surface area (Å²) in [6, 6.07) is 4.89. The van der Waals surface area contributed by atoms with Gasteiger partial charge in [0.15, 0.2) is 0 Å². The smallest absolute Gasteiger partial charge is 0.227 e. The third-order valence-electron chi connectivity index (χ3n) is 4.09. The maximum Gasteiger partial charge on any atom is 0.227 e. The molecule has 4 heteroatoms. The number of carbonyl (C=O) groups excluding carboxylic acids is 1. The number of piperazine rings is 1. The molecule has 1 fully saturated rings.